The van der Waals surface area contributed by atoms with Gasteiger partial charge in [-0.15, -0.1) is 0 Å². The Hall–Kier alpha value is -4.08. The van der Waals surface area contributed by atoms with E-state index in [1.165, 1.54) is 35.5 Å². The second-order valence-corrected chi connectivity index (χ2v) is 8.76. The fraction of sp³-hybridized carbons (Fsp3) is 0.346. The quantitative estimate of drug-likeness (QED) is 0.464. The zero-order chi connectivity index (χ0) is 25.5. The standard InChI is InChI=1S/C26H28FN5O4/c1-17-15-22(31-36-17)30-23(33)12-13-24(34)32(19-9-6-14-28-16-19)25(20-10-4-5-11-21(20)27)26(35)29-18-7-2-3-8-18/h4-6,9-11,14-16,18,25H,2-3,7-8,12-13H2,1H3,(H,29,35)(H,30,31,33)/t25-/m1/s1. The normalized spacial score (nSPS) is 14.3. The van der Waals surface area contributed by atoms with Crippen molar-refractivity contribution >= 4 is 29.2 Å². The number of nitrogens with zero attached hydrogens (tertiary/aromatic N) is 3. The molecule has 3 amide bonds. The van der Waals surface area contributed by atoms with Gasteiger partial charge in [-0.05, 0) is 38.0 Å². The van der Waals surface area contributed by atoms with E-state index in [0.717, 1.165) is 25.7 Å². The van der Waals surface area contributed by atoms with Crippen LogP contribution in [0.25, 0.3) is 0 Å². The van der Waals surface area contributed by atoms with Gasteiger partial charge in [0.1, 0.15) is 17.6 Å². The summed E-state index contributed by atoms with van der Waals surface area (Å²) in [5.41, 5.74) is 0.387. The third kappa shape index (κ3) is 6.12. The highest BCUT2D eigenvalue weighted by atomic mass is 19.1. The molecule has 0 radical (unpaired) electrons. The van der Waals surface area contributed by atoms with E-state index in [-0.39, 0.29) is 30.3 Å². The number of rotatable bonds is 9. The van der Waals surface area contributed by atoms with Crippen molar-refractivity contribution in [1.29, 1.82) is 0 Å². The van der Waals surface area contributed by atoms with E-state index in [2.05, 4.69) is 20.8 Å². The molecule has 1 aromatic carbocycles. The topological polar surface area (TPSA) is 117 Å². The van der Waals surface area contributed by atoms with Crippen LogP contribution in [-0.2, 0) is 14.4 Å². The summed E-state index contributed by atoms with van der Waals surface area (Å²) in [5.74, 6) is -1.28. The van der Waals surface area contributed by atoms with E-state index in [4.69, 9.17) is 4.52 Å². The fourth-order valence-electron chi connectivity index (χ4n) is 4.35. The Kier molecular flexibility index (Phi) is 8.04. The monoisotopic (exact) mass is 493 g/mol. The lowest BCUT2D eigenvalue weighted by Gasteiger charge is -2.32. The van der Waals surface area contributed by atoms with E-state index in [1.807, 2.05) is 0 Å². The molecule has 1 fully saturated rings. The van der Waals surface area contributed by atoms with Crippen LogP contribution in [0.15, 0.2) is 59.4 Å². The van der Waals surface area contributed by atoms with Gasteiger partial charge in [-0.2, -0.15) is 0 Å². The van der Waals surface area contributed by atoms with Gasteiger partial charge < -0.3 is 15.2 Å². The van der Waals surface area contributed by atoms with Crippen molar-refractivity contribution in [2.75, 3.05) is 10.2 Å². The molecule has 2 N–H and O–H groups in total. The Morgan fingerprint density at radius 1 is 1.14 bits per heavy atom. The first kappa shape index (κ1) is 25.0. The smallest absolute Gasteiger partial charge is 0.248 e. The Morgan fingerprint density at radius 2 is 1.92 bits per heavy atom. The van der Waals surface area contributed by atoms with Gasteiger partial charge in [-0.1, -0.05) is 36.2 Å². The lowest BCUT2D eigenvalue weighted by atomic mass is 10.0. The molecule has 1 atom stereocenters. The summed E-state index contributed by atoms with van der Waals surface area (Å²) < 4.78 is 19.9. The van der Waals surface area contributed by atoms with E-state index >= 15 is 0 Å². The predicted molar refractivity (Wildman–Crippen MR) is 130 cm³/mol. The van der Waals surface area contributed by atoms with Crippen LogP contribution in [0.3, 0.4) is 0 Å². The molecule has 3 aromatic rings. The summed E-state index contributed by atoms with van der Waals surface area (Å²) in [6.07, 6.45) is 6.25. The van der Waals surface area contributed by atoms with E-state index in [0.29, 0.717) is 11.4 Å². The summed E-state index contributed by atoms with van der Waals surface area (Å²) >= 11 is 0. The number of anilines is 2. The van der Waals surface area contributed by atoms with Gasteiger partial charge in [0.05, 0.1) is 11.9 Å². The zero-order valence-corrected chi connectivity index (χ0v) is 19.9. The van der Waals surface area contributed by atoms with E-state index in [1.54, 1.807) is 31.2 Å². The molecule has 9 nitrogen and oxygen atoms in total. The maximum atomic E-state index is 15.0. The second-order valence-electron chi connectivity index (χ2n) is 8.76. The Balaban J connectivity index is 1.61. The van der Waals surface area contributed by atoms with Crippen LogP contribution >= 0.6 is 0 Å². The number of halogens is 1. The molecule has 4 rings (SSSR count). The first-order chi connectivity index (χ1) is 17.4. The number of hydrogen-bond acceptors (Lipinski definition) is 6. The molecule has 0 aliphatic heterocycles. The third-order valence-corrected chi connectivity index (χ3v) is 6.06. The molecule has 0 unspecified atom stereocenters. The van der Waals surface area contributed by atoms with Crippen molar-refractivity contribution in [3.63, 3.8) is 0 Å². The summed E-state index contributed by atoms with van der Waals surface area (Å²) in [6, 6.07) is 9.39. The lowest BCUT2D eigenvalue weighted by Crippen LogP contribution is -2.46. The molecule has 10 heteroatoms. The Bertz CT molecular complexity index is 1210. The minimum atomic E-state index is -1.27. The average Bonchev–Trinajstić information content (AvgIpc) is 3.53. The molecule has 2 heterocycles. The predicted octanol–water partition coefficient (Wildman–Crippen LogP) is 4.07. The number of aromatic nitrogens is 2. The summed E-state index contributed by atoms with van der Waals surface area (Å²) in [6.45, 7) is 1.69. The SMILES string of the molecule is Cc1cc(NC(=O)CCC(=O)N(c2cccnc2)[C@@H](C(=O)NC2CCCC2)c2ccccc2F)no1. The van der Waals surface area contributed by atoms with Crippen molar-refractivity contribution in [3.8, 4) is 0 Å². The zero-order valence-electron chi connectivity index (χ0n) is 19.9. The molecule has 0 bridgehead atoms. The highest BCUT2D eigenvalue weighted by molar-refractivity contribution is 6.03. The molecular formula is C26H28FN5O4. The number of hydrogen-bond donors (Lipinski definition) is 2. The number of pyridine rings is 1. The number of carbonyl (C=O) groups is 3. The van der Waals surface area contributed by atoms with Gasteiger partial charge in [0.2, 0.25) is 17.7 Å². The molecule has 2 aromatic heterocycles. The van der Waals surface area contributed by atoms with Crippen molar-refractivity contribution in [1.82, 2.24) is 15.5 Å². The Labute approximate surface area is 208 Å². The first-order valence-corrected chi connectivity index (χ1v) is 11.9. The number of nitrogens with one attached hydrogen (secondary N) is 2. The van der Waals surface area contributed by atoms with Gasteiger partial charge in [-0.25, -0.2) is 4.39 Å². The highest BCUT2D eigenvalue weighted by Gasteiger charge is 2.36. The minimum absolute atomic E-state index is 0.0330. The molecular weight excluding hydrogens is 465 g/mol. The third-order valence-electron chi connectivity index (χ3n) is 6.06. The average molecular weight is 494 g/mol. The molecule has 188 valence electrons. The number of carbonyl (C=O) groups excluding carboxylic acids is 3. The molecule has 1 aliphatic rings. The van der Waals surface area contributed by atoms with E-state index < -0.39 is 29.6 Å². The fourth-order valence-corrected chi connectivity index (χ4v) is 4.35. The van der Waals surface area contributed by atoms with Crippen LogP contribution in [0, 0.1) is 12.7 Å². The largest absolute Gasteiger partial charge is 0.360 e. The minimum Gasteiger partial charge on any atom is -0.360 e. The molecule has 1 saturated carbocycles. The maximum Gasteiger partial charge on any atom is 0.248 e. The van der Waals surface area contributed by atoms with Gasteiger partial charge >= 0.3 is 0 Å². The second kappa shape index (κ2) is 11.6. The van der Waals surface area contributed by atoms with E-state index in [9.17, 15) is 18.8 Å². The van der Waals surface area contributed by atoms with Crippen LogP contribution in [0.4, 0.5) is 15.9 Å². The van der Waals surface area contributed by atoms with Crippen LogP contribution in [0.1, 0.15) is 55.9 Å². The molecule has 36 heavy (non-hydrogen) atoms. The van der Waals surface area contributed by atoms with Crippen molar-refractivity contribution in [2.45, 2.75) is 57.5 Å². The van der Waals surface area contributed by atoms with Crippen molar-refractivity contribution < 1.29 is 23.3 Å². The molecule has 0 saturated heterocycles. The first-order valence-electron chi connectivity index (χ1n) is 11.9. The number of amides is 3. The molecule has 1 aliphatic carbocycles. The van der Waals surface area contributed by atoms with Crippen LogP contribution in [-0.4, -0.2) is 33.9 Å². The van der Waals surface area contributed by atoms with Crippen LogP contribution in [0.5, 0.6) is 0 Å². The van der Waals surface area contributed by atoms with Crippen LogP contribution < -0.4 is 15.5 Å². The highest BCUT2D eigenvalue weighted by Crippen LogP contribution is 2.31. The van der Waals surface area contributed by atoms with Crippen molar-refractivity contribution in [2.24, 2.45) is 0 Å². The van der Waals surface area contributed by atoms with Gasteiger partial charge in [0, 0.05) is 36.7 Å². The number of aryl methyl sites for hydroxylation is 1. The molecule has 0 spiro atoms. The Morgan fingerprint density at radius 3 is 2.58 bits per heavy atom. The maximum absolute atomic E-state index is 15.0. The summed E-state index contributed by atoms with van der Waals surface area (Å²) in [7, 11) is 0. The summed E-state index contributed by atoms with van der Waals surface area (Å²) in [4.78, 5) is 44.9. The van der Waals surface area contributed by atoms with Gasteiger partial charge in [0.15, 0.2) is 5.82 Å². The van der Waals surface area contributed by atoms with Crippen molar-refractivity contribution in [3.05, 3.63) is 72.0 Å². The van der Waals surface area contributed by atoms with Crippen LogP contribution in [0.2, 0.25) is 0 Å². The lowest BCUT2D eigenvalue weighted by molar-refractivity contribution is -0.127. The number of benzene rings is 1. The van der Waals surface area contributed by atoms with Gasteiger partial charge in [0.25, 0.3) is 0 Å². The van der Waals surface area contributed by atoms with Gasteiger partial charge in [-0.3, -0.25) is 24.3 Å². The summed E-state index contributed by atoms with van der Waals surface area (Å²) in [5, 5.41) is 9.27.